The molecule has 0 N–H and O–H groups in total. The van der Waals surface area contributed by atoms with Crippen molar-refractivity contribution < 1.29 is 28.7 Å². The van der Waals surface area contributed by atoms with Crippen LogP contribution in [0.1, 0.15) is 41.6 Å². The summed E-state index contributed by atoms with van der Waals surface area (Å²) in [6, 6.07) is 6.50. The number of rotatable bonds is 4. The van der Waals surface area contributed by atoms with Crippen LogP contribution >= 0.6 is 0 Å². The van der Waals surface area contributed by atoms with Crippen LogP contribution in [0.2, 0.25) is 0 Å². The first-order valence-corrected chi connectivity index (χ1v) is 9.53. The molecule has 0 saturated carbocycles. The van der Waals surface area contributed by atoms with E-state index < -0.39 is 30.6 Å². The third kappa shape index (κ3) is 3.40. The smallest absolute Gasteiger partial charge is 0.313 e. The van der Waals surface area contributed by atoms with Crippen molar-refractivity contribution >= 4 is 23.7 Å². The van der Waals surface area contributed by atoms with Crippen LogP contribution in [0, 0.1) is 5.92 Å². The number of nitrogens with zero attached hydrogens (tertiary/aromatic N) is 2. The van der Waals surface area contributed by atoms with Crippen LogP contribution in [-0.2, 0) is 30.4 Å². The van der Waals surface area contributed by atoms with Crippen LogP contribution in [-0.4, -0.2) is 59.5 Å². The Kier molecular flexibility index (Phi) is 5.13. The lowest BCUT2D eigenvalue weighted by atomic mass is 10.0. The summed E-state index contributed by atoms with van der Waals surface area (Å²) in [7, 11) is 0. The number of carbonyl (C=O) groups excluding carboxylic acids is 4. The number of ether oxygens (including phenoxy) is 2. The minimum Gasteiger partial charge on any atom is -0.443 e. The number of likely N-dealkylation sites (tertiary alicyclic amines) is 1. The normalized spacial score (nSPS) is 25.1. The first-order valence-electron chi connectivity index (χ1n) is 9.53. The number of hydrogen-bond acceptors (Lipinski definition) is 6. The summed E-state index contributed by atoms with van der Waals surface area (Å²) in [5.41, 5.74) is 1.45. The quantitative estimate of drug-likeness (QED) is 0.568. The average Bonchev–Trinajstić information content (AvgIpc) is 3.05. The van der Waals surface area contributed by atoms with Gasteiger partial charge in [-0.2, -0.15) is 0 Å². The molecule has 8 heteroatoms. The molecule has 0 aromatic heterocycles. The molecule has 2 unspecified atom stereocenters. The molecule has 1 aromatic carbocycles. The zero-order chi connectivity index (χ0) is 19.7. The first-order chi connectivity index (χ1) is 13.6. The maximum absolute atomic E-state index is 12.9. The number of hydrogen-bond donors (Lipinski definition) is 0. The Bertz CT molecular complexity index is 817. The van der Waals surface area contributed by atoms with E-state index in [9.17, 15) is 19.2 Å². The van der Waals surface area contributed by atoms with Crippen LogP contribution in [0.25, 0.3) is 0 Å². The van der Waals surface area contributed by atoms with Gasteiger partial charge in [0, 0.05) is 25.1 Å². The largest absolute Gasteiger partial charge is 0.443 e. The number of carbonyl (C=O) groups is 4. The standard InChI is InChI=1S/C20H22N2O6/c23-17-8-7-16(21-10-13-4-1-2-6-15(13)18(21)24)19(25)22(17)12-28-20(26)14-5-3-9-27-11-14/h1-2,4,6,14,16H,3,5,7-12H2. The van der Waals surface area contributed by atoms with Crippen molar-refractivity contribution in [3.8, 4) is 0 Å². The summed E-state index contributed by atoms with van der Waals surface area (Å²) in [5, 5.41) is 0. The molecule has 28 heavy (non-hydrogen) atoms. The Balaban J connectivity index is 1.42. The summed E-state index contributed by atoms with van der Waals surface area (Å²) < 4.78 is 10.5. The summed E-state index contributed by atoms with van der Waals surface area (Å²) >= 11 is 0. The molecule has 3 amide bonds. The predicted molar refractivity (Wildman–Crippen MR) is 95.7 cm³/mol. The lowest BCUT2D eigenvalue weighted by Crippen LogP contribution is -2.55. The van der Waals surface area contributed by atoms with Gasteiger partial charge in [0.25, 0.3) is 11.8 Å². The SMILES string of the molecule is O=C(OCN1C(=O)CCC(N2Cc3ccccc3C2=O)C1=O)C1CCCOC1. The van der Waals surface area contributed by atoms with Gasteiger partial charge in [-0.1, -0.05) is 18.2 Å². The number of piperidine rings is 1. The molecule has 8 nitrogen and oxygen atoms in total. The van der Waals surface area contributed by atoms with Crippen LogP contribution in [0.15, 0.2) is 24.3 Å². The highest BCUT2D eigenvalue weighted by Gasteiger charge is 2.43. The van der Waals surface area contributed by atoms with E-state index in [1.807, 2.05) is 12.1 Å². The number of esters is 1. The fourth-order valence-corrected chi connectivity index (χ4v) is 3.95. The van der Waals surface area contributed by atoms with E-state index in [4.69, 9.17) is 9.47 Å². The van der Waals surface area contributed by atoms with Gasteiger partial charge in [0.2, 0.25) is 5.91 Å². The highest BCUT2D eigenvalue weighted by molar-refractivity contribution is 6.05. The van der Waals surface area contributed by atoms with Gasteiger partial charge in [-0.25, -0.2) is 4.90 Å². The van der Waals surface area contributed by atoms with Crippen molar-refractivity contribution in [1.29, 1.82) is 0 Å². The lowest BCUT2D eigenvalue weighted by molar-refractivity contribution is -0.168. The number of imide groups is 1. The molecular weight excluding hydrogens is 364 g/mol. The van der Waals surface area contributed by atoms with Crippen LogP contribution in [0.5, 0.6) is 0 Å². The Labute approximate surface area is 162 Å². The molecular formula is C20H22N2O6. The van der Waals surface area contributed by atoms with E-state index in [0.717, 1.165) is 16.9 Å². The molecule has 0 aliphatic carbocycles. The van der Waals surface area contributed by atoms with E-state index in [0.29, 0.717) is 31.7 Å². The molecule has 4 rings (SSSR count). The molecule has 3 aliphatic heterocycles. The van der Waals surface area contributed by atoms with E-state index in [2.05, 4.69) is 0 Å². The molecule has 2 saturated heterocycles. The minimum atomic E-state index is -0.727. The van der Waals surface area contributed by atoms with E-state index in [-0.39, 0.29) is 24.7 Å². The van der Waals surface area contributed by atoms with Gasteiger partial charge in [-0.05, 0) is 30.9 Å². The molecule has 3 aliphatic rings. The van der Waals surface area contributed by atoms with Gasteiger partial charge in [-0.3, -0.25) is 19.2 Å². The van der Waals surface area contributed by atoms with Crippen molar-refractivity contribution in [2.75, 3.05) is 19.9 Å². The predicted octanol–water partition coefficient (Wildman–Crippen LogP) is 1.09. The van der Waals surface area contributed by atoms with E-state index >= 15 is 0 Å². The second kappa shape index (κ2) is 7.71. The van der Waals surface area contributed by atoms with Crippen LogP contribution < -0.4 is 0 Å². The van der Waals surface area contributed by atoms with Gasteiger partial charge < -0.3 is 14.4 Å². The van der Waals surface area contributed by atoms with Crippen LogP contribution in [0.3, 0.4) is 0 Å². The highest BCUT2D eigenvalue weighted by atomic mass is 16.6. The van der Waals surface area contributed by atoms with E-state index in [1.165, 1.54) is 4.90 Å². The lowest BCUT2D eigenvalue weighted by Gasteiger charge is -2.35. The third-order valence-electron chi connectivity index (χ3n) is 5.54. The number of benzene rings is 1. The maximum Gasteiger partial charge on any atom is 0.313 e. The average molecular weight is 386 g/mol. The Hall–Kier alpha value is -2.74. The third-order valence-corrected chi connectivity index (χ3v) is 5.54. The Morgan fingerprint density at radius 1 is 1.18 bits per heavy atom. The van der Waals surface area contributed by atoms with Crippen molar-refractivity contribution in [2.45, 2.75) is 38.3 Å². The van der Waals surface area contributed by atoms with E-state index in [1.54, 1.807) is 12.1 Å². The summed E-state index contributed by atoms with van der Waals surface area (Å²) in [6.07, 6.45) is 1.85. The molecule has 3 heterocycles. The monoisotopic (exact) mass is 386 g/mol. The molecule has 2 fully saturated rings. The summed E-state index contributed by atoms with van der Waals surface area (Å²) in [4.78, 5) is 52.4. The van der Waals surface area contributed by atoms with Gasteiger partial charge in [0.15, 0.2) is 6.73 Å². The Morgan fingerprint density at radius 2 is 2.00 bits per heavy atom. The van der Waals surface area contributed by atoms with Crippen molar-refractivity contribution in [1.82, 2.24) is 9.80 Å². The van der Waals surface area contributed by atoms with Crippen molar-refractivity contribution in [2.24, 2.45) is 5.92 Å². The molecule has 0 bridgehead atoms. The minimum absolute atomic E-state index is 0.126. The highest BCUT2D eigenvalue weighted by Crippen LogP contribution is 2.29. The van der Waals surface area contributed by atoms with Crippen molar-refractivity contribution in [3.05, 3.63) is 35.4 Å². The molecule has 148 valence electrons. The maximum atomic E-state index is 12.9. The molecule has 0 radical (unpaired) electrons. The Morgan fingerprint density at radius 3 is 2.75 bits per heavy atom. The zero-order valence-corrected chi connectivity index (χ0v) is 15.5. The second-order valence-electron chi connectivity index (χ2n) is 7.31. The fraction of sp³-hybridized carbons (Fsp3) is 0.500. The second-order valence-corrected chi connectivity index (χ2v) is 7.31. The van der Waals surface area contributed by atoms with Crippen molar-refractivity contribution in [3.63, 3.8) is 0 Å². The summed E-state index contributed by atoms with van der Waals surface area (Å²) in [5.74, 6) is -1.93. The van der Waals surface area contributed by atoms with Gasteiger partial charge in [-0.15, -0.1) is 0 Å². The van der Waals surface area contributed by atoms with Gasteiger partial charge in [0.1, 0.15) is 6.04 Å². The number of fused-ring (bicyclic) bond motifs is 1. The molecule has 0 spiro atoms. The van der Waals surface area contributed by atoms with Crippen LogP contribution in [0.4, 0.5) is 0 Å². The topological polar surface area (TPSA) is 93.2 Å². The molecule has 2 atom stereocenters. The van der Waals surface area contributed by atoms with Gasteiger partial charge in [0.05, 0.1) is 12.5 Å². The first kappa shape index (κ1) is 18.6. The fourth-order valence-electron chi connectivity index (χ4n) is 3.95. The van der Waals surface area contributed by atoms with Gasteiger partial charge >= 0.3 is 5.97 Å². The zero-order valence-electron chi connectivity index (χ0n) is 15.5. The number of amides is 3. The summed E-state index contributed by atoms with van der Waals surface area (Å²) in [6.45, 7) is 0.843. The molecule has 1 aromatic rings.